The van der Waals surface area contributed by atoms with E-state index in [9.17, 15) is 9.59 Å². The Labute approximate surface area is 150 Å². The van der Waals surface area contributed by atoms with Crippen molar-refractivity contribution >= 4 is 35.1 Å². The number of carbonyl (C=O) groups excluding carboxylic acids is 2. The topological polar surface area (TPSA) is 52.6 Å². The molecule has 0 heterocycles. The highest BCUT2D eigenvalue weighted by Gasteiger charge is 2.17. The van der Waals surface area contributed by atoms with Crippen LogP contribution in [0.25, 0.3) is 0 Å². The fourth-order valence-corrected chi connectivity index (χ4v) is 2.39. The van der Waals surface area contributed by atoms with Gasteiger partial charge in [0, 0.05) is 11.1 Å². The summed E-state index contributed by atoms with van der Waals surface area (Å²) in [5, 5.41) is 0. The lowest BCUT2D eigenvalue weighted by atomic mass is 10.2. The molecule has 0 bridgehead atoms. The Kier molecular flexibility index (Phi) is 7.09. The van der Waals surface area contributed by atoms with Gasteiger partial charge in [-0.2, -0.15) is 0 Å². The second-order valence-electron chi connectivity index (χ2n) is 4.93. The molecule has 0 N–H and O–H groups in total. The highest BCUT2D eigenvalue weighted by molar-refractivity contribution is 6.20. The van der Waals surface area contributed by atoms with Gasteiger partial charge in [-0.15, -0.1) is 0 Å². The molecular formula is C18H16Cl2O4. The van der Waals surface area contributed by atoms with E-state index in [4.69, 9.17) is 32.7 Å². The molecule has 0 aliphatic rings. The minimum absolute atomic E-state index is 0.132. The van der Waals surface area contributed by atoms with Gasteiger partial charge < -0.3 is 9.47 Å². The lowest BCUT2D eigenvalue weighted by Crippen LogP contribution is -2.12. The average Bonchev–Trinajstić information content (AvgIpc) is 2.61. The van der Waals surface area contributed by atoms with Gasteiger partial charge in [-0.05, 0) is 0 Å². The summed E-state index contributed by atoms with van der Waals surface area (Å²) in [7, 11) is 0. The summed E-state index contributed by atoms with van der Waals surface area (Å²) in [6, 6.07) is 17.8. The van der Waals surface area contributed by atoms with Crippen molar-refractivity contribution in [3.05, 3.63) is 71.8 Å². The molecular weight excluding hydrogens is 351 g/mol. The second-order valence-corrected chi connectivity index (χ2v) is 5.73. The van der Waals surface area contributed by atoms with Crippen LogP contribution < -0.4 is 0 Å². The van der Waals surface area contributed by atoms with Gasteiger partial charge in [-0.1, -0.05) is 83.9 Å². The van der Waals surface area contributed by atoms with E-state index in [1.807, 2.05) is 12.1 Å². The number of alkyl halides is 2. The zero-order valence-electron chi connectivity index (χ0n) is 12.7. The quantitative estimate of drug-likeness (QED) is 0.525. The van der Waals surface area contributed by atoms with Crippen LogP contribution in [0.2, 0.25) is 0 Å². The maximum Gasteiger partial charge on any atom is 0.308 e. The molecule has 2 aromatic rings. The molecule has 4 nitrogen and oxygen atoms in total. The molecule has 0 aliphatic carbocycles. The van der Waals surface area contributed by atoms with E-state index in [1.165, 1.54) is 0 Å². The minimum Gasteiger partial charge on any atom is -0.441 e. The molecule has 24 heavy (non-hydrogen) atoms. The molecule has 0 aliphatic heterocycles. The van der Waals surface area contributed by atoms with Gasteiger partial charge >= 0.3 is 11.9 Å². The summed E-state index contributed by atoms with van der Waals surface area (Å²) >= 11 is 12.0. The van der Waals surface area contributed by atoms with Gasteiger partial charge in [-0.25, -0.2) is 0 Å². The molecule has 0 saturated carbocycles. The second kappa shape index (κ2) is 9.30. The van der Waals surface area contributed by atoms with Gasteiger partial charge in [0.05, 0.1) is 12.8 Å². The first-order valence-corrected chi connectivity index (χ1v) is 8.20. The van der Waals surface area contributed by atoms with Crippen LogP contribution in [0.1, 0.15) is 35.1 Å². The summed E-state index contributed by atoms with van der Waals surface area (Å²) in [5.74, 6) is -1.16. The maximum absolute atomic E-state index is 11.7. The molecule has 6 heteroatoms. The Morgan fingerprint density at radius 1 is 0.708 bits per heavy atom. The van der Waals surface area contributed by atoms with Crippen molar-refractivity contribution in [2.45, 2.75) is 24.0 Å². The Balaban J connectivity index is 1.74. The maximum atomic E-state index is 11.7. The van der Waals surface area contributed by atoms with Crippen LogP contribution in [0.15, 0.2) is 60.7 Å². The summed E-state index contributed by atoms with van der Waals surface area (Å²) in [5.41, 5.74) is -0.445. The van der Waals surface area contributed by atoms with Crippen molar-refractivity contribution < 1.29 is 19.1 Å². The lowest BCUT2D eigenvalue weighted by molar-refractivity contribution is -0.152. The van der Waals surface area contributed by atoms with Crippen molar-refractivity contribution in [2.24, 2.45) is 0 Å². The number of rotatable bonds is 7. The third kappa shape index (κ3) is 5.87. The number of ether oxygens (including phenoxy) is 2. The molecule has 0 saturated heterocycles. The van der Waals surface area contributed by atoms with Crippen LogP contribution in [0.5, 0.6) is 0 Å². The van der Waals surface area contributed by atoms with Crippen molar-refractivity contribution in [1.29, 1.82) is 0 Å². The first-order chi connectivity index (χ1) is 11.6. The number of hydrogen-bond donors (Lipinski definition) is 0. The first kappa shape index (κ1) is 18.3. The normalized spacial score (nSPS) is 12.9. The first-order valence-electron chi connectivity index (χ1n) is 7.33. The fraction of sp³-hybridized carbons (Fsp3) is 0.222. The van der Waals surface area contributed by atoms with E-state index in [0.29, 0.717) is 11.1 Å². The van der Waals surface area contributed by atoms with E-state index < -0.39 is 23.1 Å². The third-order valence-corrected chi connectivity index (χ3v) is 3.81. The Morgan fingerprint density at radius 2 is 1.04 bits per heavy atom. The van der Waals surface area contributed by atoms with Gasteiger partial charge in [0.2, 0.25) is 11.1 Å². The van der Waals surface area contributed by atoms with Crippen molar-refractivity contribution in [3.8, 4) is 0 Å². The SMILES string of the molecule is O=C(CCC(=O)OC(Cl)c1ccccc1)OC(Cl)c1ccccc1. The van der Waals surface area contributed by atoms with Crippen LogP contribution in [0.4, 0.5) is 0 Å². The molecule has 0 amide bonds. The zero-order valence-corrected chi connectivity index (χ0v) is 14.2. The highest BCUT2D eigenvalue weighted by Crippen LogP contribution is 2.24. The van der Waals surface area contributed by atoms with E-state index >= 15 is 0 Å². The molecule has 0 aromatic heterocycles. The molecule has 2 unspecified atom stereocenters. The van der Waals surface area contributed by atoms with Crippen LogP contribution in [0, 0.1) is 0 Å². The van der Waals surface area contributed by atoms with Crippen molar-refractivity contribution in [1.82, 2.24) is 0 Å². The Morgan fingerprint density at radius 3 is 1.38 bits per heavy atom. The van der Waals surface area contributed by atoms with E-state index in [1.54, 1.807) is 48.5 Å². The average molecular weight is 367 g/mol. The van der Waals surface area contributed by atoms with Gasteiger partial charge in [0.15, 0.2) is 0 Å². The summed E-state index contributed by atoms with van der Waals surface area (Å²) in [4.78, 5) is 23.5. The molecule has 126 valence electrons. The minimum atomic E-state index is -0.889. The molecule has 2 atom stereocenters. The predicted molar refractivity (Wildman–Crippen MR) is 91.5 cm³/mol. The number of hydrogen-bond acceptors (Lipinski definition) is 4. The molecule has 0 fully saturated rings. The van der Waals surface area contributed by atoms with Crippen molar-refractivity contribution in [2.75, 3.05) is 0 Å². The molecule has 2 rings (SSSR count). The smallest absolute Gasteiger partial charge is 0.308 e. The van der Waals surface area contributed by atoms with Crippen molar-refractivity contribution in [3.63, 3.8) is 0 Å². The van der Waals surface area contributed by atoms with E-state index in [-0.39, 0.29) is 12.8 Å². The molecule has 0 radical (unpaired) electrons. The highest BCUT2D eigenvalue weighted by atomic mass is 35.5. The van der Waals surface area contributed by atoms with Gasteiger partial charge in [-0.3, -0.25) is 9.59 Å². The summed E-state index contributed by atoms with van der Waals surface area (Å²) in [6.07, 6.45) is -0.263. The largest absolute Gasteiger partial charge is 0.441 e. The van der Waals surface area contributed by atoms with E-state index in [2.05, 4.69) is 0 Å². The van der Waals surface area contributed by atoms with E-state index in [0.717, 1.165) is 0 Å². The van der Waals surface area contributed by atoms with Gasteiger partial charge in [0.1, 0.15) is 0 Å². The fourth-order valence-electron chi connectivity index (χ4n) is 1.90. The predicted octanol–water partition coefficient (Wildman–Crippen LogP) is 4.73. The standard InChI is InChI=1S/C18H16Cl2O4/c19-17(13-7-3-1-4-8-13)23-15(21)11-12-16(22)24-18(20)14-9-5-2-6-10-14/h1-10,17-18H,11-12H2. The van der Waals surface area contributed by atoms with Gasteiger partial charge in [0.25, 0.3) is 0 Å². The lowest BCUT2D eigenvalue weighted by Gasteiger charge is -2.13. The summed E-state index contributed by atoms with van der Waals surface area (Å²) < 4.78 is 10.1. The number of benzene rings is 2. The molecule has 2 aromatic carbocycles. The number of esters is 2. The molecule has 0 spiro atoms. The summed E-state index contributed by atoms with van der Waals surface area (Å²) in [6.45, 7) is 0. The zero-order chi connectivity index (χ0) is 17.4. The van der Waals surface area contributed by atoms with Crippen LogP contribution in [0.3, 0.4) is 0 Å². The Bertz CT molecular complexity index is 602. The Hall–Kier alpha value is -2.04. The third-order valence-electron chi connectivity index (χ3n) is 3.13. The van der Waals surface area contributed by atoms with Crippen LogP contribution >= 0.6 is 23.2 Å². The van der Waals surface area contributed by atoms with Crippen LogP contribution in [-0.2, 0) is 19.1 Å². The number of carbonyl (C=O) groups is 2. The number of halogens is 2. The monoisotopic (exact) mass is 366 g/mol. The van der Waals surface area contributed by atoms with Crippen LogP contribution in [-0.4, -0.2) is 11.9 Å².